The Hall–Kier alpha value is -0.433. The highest BCUT2D eigenvalue weighted by molar-refractivity contribution is 7.92. The standard InChI is InChI=1S/C22H38F2O2SSi/c1-20(2,3)27(25)14-13-18(16-26-28(8,9)21(4,5)6)17-11-10-12-19(15-17)22(7,23)24/h10-12,15,18H,13-14,16H2,1-9H3/t18-,27-/m1/s1. The average molecular weight is 433 g/mol. The third-order valence-corrected chi connectivity index (χ3v) is 12.1. The summed E-state index contributed by atoms with van der Waals surface area (Å²) in [6.07, 6.45) is 0.650. The number of alkyl halides is 2. The topological polar surface area (TPSA) is 32.3 Å². The molecule has 0 saturated carbocycles. The van der Waals surface area contributed by atoms with E-state index in [0.29, 0.717) is 18.8 Å². The SMILES string of the molecule is CC(F)(F)c1cccc([C@H](CC[S@@+]([O-])C(C)(C)C)CO[Si](C)(C)C(C)(C)C)c1. The monoisotopic (exact) mass is 432 g/mol. The van der Waals surface area contributed by atoms with Gasteiger partial charge in [0.2, 0.25) is 0 Å². The van der Waals surface area contributed by atoms with Crippen LogP contribution in [0.25, 0.3) is 0 Å². The molecule has 1 rings (SSSR count). The van der Waals surface area contributed by atoms with Crippen LogP contribution in [0.2, 0.25) is 18.1 Å². The van der Waals surface area contributed by atoms with Gasteiger partial charge in [0, 0.05) is 31.4 Å². The lowest BCUT2D eigenvalue weighted by atomic mass is 9.94. The van der Waals surface area contributed by atoms with E-state index in [9.17, 15) is 13.3 Å². The summed E-state index contributed by atoms with van der Waals surface area (Å²) in [4.78, 5) is 0. The first-order valence-electron chi connectivity index (χ1n) is 9.96. The summed E-state index contributed by atoms with van der Waals surface area (Å²) in [6.45, 7) is 18.2. The molecule has 0 N–H and O–H groups in total. The van der Waals surface area contributed by atoms with Crippen LogP contribution in [0.3, 0.4) is 0 Å². The van der Waals surface area contributed by atoms with Crippen LogP contribution in [0.15, 0.2) is 24.3 Å². The summed E-state index contributed by atoms with van der Waals surface area (Å²) in [5, 5.41) is 0.0735. The number of benzene rings is 1. The van der Waals surface area contributed by atoms with Gasteiger partial charge in [-0.15, -0.1) is 0 Å². The van der Waals surface area contributed by atoms with Crippen LogP contribution in [0.5, 0.6) is 0 Å². The number of halogens is 2. The minimum atomic E-state index is -2.88. The molecule has 0 aliphatic heterocycles. The first kappa shape index (κ1) is 25.6. The highest BCUT2D eigenvalue weighted by Gasteiger charge is 2.38. The molecule has 0 fully saturated rings. The zero-order valence-electron chi connectivity index (χ0n) is 19.0. The Labute approximate surface area is 174 Å². The summed E-state index contributed by atoms with van der Waals surface area (Å²) >= 11 is -0.988. The highest BCUT2D eigenvalue weighted by atomic mass is 32.2. The van der Waals surface area contributed by atoms with Crippen LogP contribution in [0.4, 0.5) is 8.78 Å². The Kier molecular flexibility index (Phi) is 8.37. The van der Waals surface area contributed by atoms with E-state index in [-0.39, 0.29) is 21.3 Å². The van der Waals surface area contributed by atoms with E-state index in [0.717, 1.165) is 12.5 Å². The zero-order chi connectivity index (χ0) is 22.0. The van der Waals surface area contributed by atoms with Gasteiger partial charge in [0.05, 0.1) is 0 Å². The van der Waals surface area contributed by atoms with Gasteiger partial charge in [0.1, 0.15) is 10.5 Å². The van der Waals surface area contributed by atoms with E-state index < -0.39 is 25.4 Å². The lowest BCUT2D eigenvalue weighted by Crippen LogP contribution is -2.42. The molecule has 0 aliphatic rings. The van der Waals surface area contributed by atoms with E-state index in [2.05, 4.69) is 33.9 Å². The zero-order valence-corrected chi connectivity index (χ0v) is 20.8. The predicted molar refractivity (Wildman–Crippen MR) is 119 cm³/mol. The first-order valence-corrected chi connectivity index (χ1v) is 14.2. The largest absolute Gasteiger partial charge is 0.616 e. The minimum absolute atomic E-state index is 0.0132. The molecule has 2 nitrogen and oxygen atoms in total. The Morgan fingerprint density at radius 3 is 2.11 bits per heavy atom. The smallest absolute Gasteiger partial charge is 0.270 e. The molecule has 0 amide bonds. The maximum Gasteiger partial charge on any atom is 0.270 e. The number of hydrogen-bond acceptors (Lipinski definition) is 2. The Balaban J connectivity index is 3.08. The molecule has 28 heavy (non-hydrogen) atoms. The van der Waals surface area contributed by atoms with Crippen LogP contribution < -0.4 is 0 Å². The summed E-state index contributed by atoms with van der Waals surface area (Å²) in [5.74, 6) is -2.40. The molecule has 0 radical (unpaired) electrons. The molecule has 0 bridgehead atoms. The lowest BCUT2D eigenvalue weighted by molar-refractivity contribution is 0.0173. The second-order valence-corrected chi connectivity index (χ2v) is 17.4. The molecule has 162 valence electrons. The molecule has 0 unspecified atom stereocenters. The second-order valence-electron chi connectivity index (χ2n) is 10.2. The van der Waals surface area contributed by atoms with Crippen molar-refractivity contribution in [1.29, 1.82) is 0 Å². The molecule has 6 heteroatoms. The fraction of sp³-hybridized carbons (Fsp3) is 0.727. The van der Waals surface area contributed by atoms with Crippen LogP contribution in [-0.4, -0.2) is 30.0 Å². The van der Waals surface area contributed by atoms with Crippen LogP contribution in [0, 0.1) is 0 Å². The Morgan fingerprint density at radius 2 is 1.64 bits per heavy atom. The van der Waals surface area contributed by atoms with Crippen LogP contribution >= 0.6 is 0 Å². The average Bonchev–Trinajstić information content (AvgIpc) is 2.52. The number of hydrogen-bond donors (Lipinski definition) is 0. The van der Waals surface area contributed by atoms with Gasteiger partial charge in [-0.1, -0.05) is 39.0 Å². The molecule has 0 spiro atoms. The third kappa shape index (κ3) is 7.43. The number of rotatable bonds is 8. The molecule has 1 aromatic rings. The van der Waals surface area contributed by atoms with E-state index in [4.69, 9.17) is 4.43 Å². The molecular formula is C22H38F2O2SSi. The van der Waals surface area contributed by atoms with E-state index in [1.54, 1.807) is 12.1 Å². The molecule has 1 aromatic carbocycles. The van der Waals surface area contributed by atoms with E-state index in [1.165, 1.54) is 6.07 Å². The van der Waals surface area contributed by atoms with Crippen molar-refractivity contribution >= 4 is 19.5 Å². The van der Waals surface area contributed by atoms with Crippen molar-refractivity contribution in [2.24, 2.45) is 0 Å². The van der Waals surface area contributed by atoms with Crippen LogP contribution in [-0.2, 0) is 21.5 Å². The highest BCUT2D eigenvalue weighted by Crippen LogP contribution is 2.38. The van der Waals surface area contributed by atoms with Gasteiger partial charge in [0.15, 0.2) is 8.32 Å². The van der Waals surface area contributed by atoms with Gasteiger partial charge in [0.25, 0.3) is 5.92 Å². The van der Waals surface area contributed by atoms with Crippen molar-refractivity contribution in [3.8, 4) is 0 Å². The van der Waals surface area contributed by atoms with Gasteiger partial charge in [-0.3, -0.25) is 0 Å². The molecular weight excluding hydrogens is 394 g/mol. The van der Waals surface area contributed by atoms with Gasteiger partial charge < -0.3 is 8.98 Å². The van der Waals surface area contributed by atoms with Crippen molar-refractivity contribution in [3.05, 3.63) is 35.4 Å². The van der Waals surface area contributed by atoms with Gasteiger partial charge in [-0.2, -0.15) is 0 Å². The summed E-state index contributed by atoms with van der Waals surface area (Å²) in [6, 6.07) is 6.61. The minimum Gasteiger partial charge on any atom is -0.616 e. The van der Waals surface area contributed by atoms with Crippen molar-refractivity contribution in [2.75, 3.05) is 12.4 Å². The first-order chi connectivity index (χ1) is 12.4. The molecule has 0 aromatic heterocycles. The van der Waals surface area contributed by atoms with Gasteiger partial charge >= 0.3 is 0 Å². The van der Waals surface area contributed by atoms with E-state index in [1.807, 2.05) is 26.8 Å². The Morgan fingerprint density at radius 1 is 1.07 bits per heavy atom. The maximum atomic E-state index is 13.8. The Bertz CT molecular complexity index is 631. The fourth-order valence-electron chi connectivity index (χ4n) is 2.49. The predicted octanol–water partition coefficient (Wildman–Crippen LogP) is 6.84. The van der Waals surface area contributed by atoms with Gasteiger partial charge in [-0.05, 0) is 61.7 Å². The van der Waals surface area contributed by atoms with Crippen molar-refractivity contribution in [1.82, 2.24) is 0 Å². The fourth-order valence-corrected chi connectivity index (χ4v) is 4.65. The normalized spacial score (nSPS) is 16.1. The molecule has 0 saturated heterocycles. The summed E-state index contributed by atoms with van der Waals surface area (Å²) in [5.41, 5.74) is 0.850. The molecule has 0 aliphatic carbocycles. The van der Waals surface area contributed by atoms with Gasteiger partial charge in [-0.25, -0.2) is 8.78 Å². The maximum absolute atomic E-state index is 13.8. The van der Waals surface area contributed by atoms with E-state index >= 15 is 0 Å². The van der Waals surface area contributed by atoms with Crippen molar-refractivity contribution in [3.63, 3.8) is 0 Å². The van der Waals surface area contributed by atoms with Crippen molar-refractivity contribution in [2.45, 2.75) is 89.6 Å². The quantitative estimate of drug-likeness (QED) is 0.333. The molecule has 2 atom stereocenters. The second kappa shape index (κ2) is 9.15. The summed E-state index contributed by atoms with van der Waals surface area (Å²) in [7, 11) is -1.97. The van der Waals surface area contributed by atoms with Crippen molar-refractivity contribution < 1.29 is 17.8 Å². The third-order valence-electron chi connectivity index (χ3n) is 5.65. The lowest BCUT2D eigenvalue weighted by Gasteiger charge is -2.37. The molecule has 0 heterocycles. The van der Waals surface area contributed by atoms with Crippen LogP contribution in [0.1, 0.15) is 71.9 Å². The summed E-state index contributed by atoms with van der Waals surface area (Å²) < 4.78 is 46.3.